The molecule has 0 spiro atoms. The van der Waals surface area contributed by atoms with Crippen molar-refractivity contribution in [1.82, 2.24) is 0 Å². The summed E-state index contributed by atoms with van der Waals surface area (Å²) in [5.41, 5.74) is 0. The molecule has 0 amide bonds. The molecule has 0 aromatic carbocycles. The van der Waals surface area contributed by atoms with Crippen molar-refractivity contribution < 1.29 is 28.6 Å². The van der Waals surface area contributed by atoms with Gasteiger partial charge in [-0.2, -0.15) is 0 Å². The minimum atomic E-state index is -0.783. The predicted octanol–water partition coefficient (Wildman–Crippen LogP) is 17.9. The van der Waals surface area contributed by atoms with E-state index in [1.54, 1.807) is 0 Å². The molecule has 0 saturated carbocycles. The molecule has 0 aromatic heterocycles. The summed E-state index contributed by atoms with van der Waals surface area (Å²) in [5.74, 6) is -0.901. The molecule has 0 aliphatic carbocycles. The summed E-state index contributed by atoms with van der Waals surface area (Å²) in [4.78, 5) is 38.0. The van der Waals surface area contributed by atoms with Crippen molar-refractivity contribution >= 4 is 17.9 Å². The number of carbonyl (C=O) groups excluding carboxylic acids is 3. The second-order valence-electron chi connectivity index (χ2n) is 18.1. The van der Waals surface area contributed by atoms with Crippen LogP contribution in [-0.4, -0.2) is 37.2 Å². The van der Waals surface area contributed by atoms with Crippen LogP contribution in [0.1, 0.15) is 278 Å². The van der Waals surface area contributed by atoms with Crippen molar-refractivity contribution in [2.24, 2.45) is 0 Å². The molecule has 0 radical (unpaired) electrons. The molecule has 0 saturated heterocycles. The topological polar surface area (TPSA) is 78.9 Å². The third-order valence-electron chi connectivity index (χ3n) is 11.8. The van der Waals surface area contributed by atoms with Gasteiger partial charge in [0.05, 0.1) is 0 Å². The van der Waals surface area contributed by atoms with Gasteiger partial charge >= 0.3 is 17.9 Å². The van der Waals surface area contributed by atoms with E-state index >= 15 is 0 Å². The molecule has 6 nitrogen and oxygen atoms in total. The Morgan fingerprint density at radius 1 is 0.317 bits per heavy atom. The van der Waals surface area contributed by atoms with Crippen LogP contribution in [0, 0.1) is 0 Å². The third kappa shape index (κ3) is 50.2. The molecular weight excluding hydrogens is 781 g/mol. The molecule has 0 heterocycles. The van der Waals surface area contributed by atoms with Crippen LogP contribution >= 0.6 is 0 Å². The van der Waals surface area contributed by atoms with Crippen LogP contribution in [0.15, 0.2) is 48.6 Å². The van der Waals surface area contributed by atoms with Crippen LogP contribution < -0.4 is 0 Å². The van der Waals surface area contributed by atoms with Crippen LogP contribution in [0.5, 0.6) is 0 Å². The van der Waals surface area contributed by atoms with Crippen molar-refractivity contribution in [2.75, 3.05) is 13.2 Å². The standard InChI is InChI=1S/C57H102O6/c1-4-7-10-13-16-19-22-25-27-28-30-32-35-38-41-44-47-50-56(59)62-53-54(52-61-55(58)49-46-43-40-37-34-31-24-21-18-15-12-9-6-3)63-57(60)51-48-45-42-39-36-33-29-26-23-20-17-14-11-8-5-2/h12,15,21,24-27,29,54H,4-11,13-14,16-20,22-23,28,30-53H2,1-3H3/b15-12-,24-21-,27-25-,29-26-. The zero-order valence-electron chi connectivity index (χ0n) is 41.8. The smallest absolute Gasteiger partial charge is 0.306 e. The fourth-order valence-corrected chi connectivity index (χ4v) is 7.65. The van der Waals surface area contributed by atoms with E-state index < -0.39 is 6.10 Å². The summed E-state index contributed by atoms with van der Waals surface area (Å²) in [7, 11) is 0. The van der Waals surface area contributed by atoms with Gasteiger partial charge in [0.1, 0.15) is 13.2 Å². The maximum atomic E-state index is 12.8. The van der Waals surface area contributed by atoms with Gasteiger partial charge in [0.2, 0.25) is 0 Å². The summed E-state index contributed by atoms with van der Waals surface area (Å²) in [5, 5.41) is 0. The minimum Gasteiger partial charge on any atom is -0.462 e. The van der Waals surface area contributed by atoms with E-state index in [4.69, 9.17) is 14.2 Å². The lowest BCUT2D eigenvalue weighted by atomic mass is 10.1. The van der Waals surface area contributed by atoms with Gasteiger partial charge in [-0.05, 0) is 96.3 Å². The second-order valence-corrected chi connectivity index (χ2v) is 18.1. The number of allylic oxidation sites excluding steroid dienone is 8. The zero-order chi connectivity index (χ0) is 45.8. The Morgan fingerprint density at radius 2 is 0.603 bits per heavy atom. The highest BCUT2D eigenvalue weighted by Crippen LogP contribution is 2.15. The first-order chi connectivity index (χ1) is 31.0. The number of rotatable bonds is 49. The average molecular weight is 883 g/mol. The van der Waals surface area contributed by atoms with Crippen molar-refractivity contribution in [3.8, 4) is 0 Å². The monoisotopic (exact) mass is 883 g/mol. The molecular formula is C57H102O6. The normalized spacial score (nSPS) is 12.4. The quantitative estimate of drug-likeness (QED) is 0.0262. The Hall–Kier alpha value is -2.63. The van der Waals surface area contributed by atoms with Gasteiger partial charge in [-0.3, -0.25) is 14.4 Å². The lowest BCUT2D eigenvalue weighted by Crippen LogP contribution is -2.30. The lowest BCUT2D eigenvalue weighted by molar-refractivity contribution is -0.167. The predicted molar refractivity (Wildman–Crippen MR) is 270 cm³/mol. The third-order valence-corrected chi connectivity index (χ3v) is 11.8. The maximum absolute atomic E-state index is 12.8. The van der Waals surface area contributed by atoms with E-state index in [-0.39, 0.29) is 31.1 Å². The zero-order valence-corrected chi connectivity index (χ0v) is 41.8. The van der Waals surface area contributed by atoms with Crippen LogP contribution in [0.25, 0.3) is 0 Å². The molecule has 0 aromatic rings. The Bertz CT molecular complexity index is 1110. The van der Waals surface area contributed by atoms with Crippen LogP contribution in [-0.2, 0) is 28.6 Å². The molecule has 6 heteroatoms. The van der Waals surface area contributed by atoms with Gasteiger partial charge in [0.25, 0.3) is 0 Å². The van der Waals surface area contributed by atoms with Crippen molar-refractivity contribution in [2.45, 2.75) is 284 Å². The minimum absolute atomic E-state index is 0.0822. The Kier molecular flexibility index (Phi) is 49.8. The van der Waals surface area contributed by atoms with Crippen LogP contribution in [0.3, 0.4) is 0 Å². The lowest BCUT2D eigenvalue weighted by Gasteiger charge is -2.18. The van der Waals surface area contributed by atoms with Gasteiger partial charge in [-0.1, -0.05) is 211 Å². The summed E-state index contributed by atoms with van der Waals surface area (Å²) in [6.07, 6.45) is 62.3. The molecule has 1 unspecified atom stereocenters. The molecule has 63 heavy (non-hydrogen) atoms. The summed E-state index contributed by atoms with van der Waals surface area (Å²) in [6, 6.07) is 0. The summed E-state index contributed by atoms with van der Waals surface area (Å²) >= 11 is 0. The number of hydrogen-bond donors (Lipinski definition) is 0. The van der Waals surface area contributed by atoms with E-state index in [1.807, 2.05) is 0 Å². The maximum Gasteiger partial charge on any atom is 0.306 e. The van der Waals surface area contributed by atoms with Crippen molar-refractivity contribution in [3.63, 3.8) is 0 Å². The highest BCUT2D eigenvalue weighted by Gasteiger charge is 2.19. The van der Waals surface area contributed by atoms with Crippen LogP contribution in [0.2, 0.25) is 0 Å². The van der Waals surface area contributed by atoms with Crippen LogP contribution in [0.4, 0.5) is 0 Å². The van der Waals surface area contributed by atoms with E-state index in [0.717, 1.165) is 96.3 Å². The van der Waals surface area contributed by atoms with Gasteiger partial charge in [0.15, 0.2) is 6.10 Å². The largest absolute Gasteiger partial charge is 0.462 e. The average Bonchev–Trinajstić information content (AvgIpc) is 3.28. The van der Waals surface area contributed by atoms with Gasteiger partial charge < -0.3 is 14.2 Å². The summed E-state index contributed by atoms with van der Waals surface area (Å²) in [6.45, 7) is 6.56. The molecule has 0 rings (SSSR count). The molecule has 0 aliphatic rings. The Morgan fingerprint density at radius 3 is 0.952 bits per heavy atom. The highest BCUT2D eigenvalue weighted by molar-refractivity contribution is 5.71. The molecule has 366 valence electrons. The molecule has 1 atom stereocenters. The molecule has 0 aliphatic heterocycles. The fraction of sp³-hybridized carbons (Fsp3) is 0.807. The Balaban J connectivity index is 4.38. The number of ether oxygens (including phenoxy) is 3. The first kappa shape index (κ1) is 60.4. The SMILES string of the molecule is CCC/C=C\C/C=C\CCCCCCCC(=O)OCC(COC(=O)CCCCCCCCC/C=C\CCCCCCCC)OC(=O)CCCCCCC/C=C\CCCCCCCC. The first-order valence-electron chi connectivity index (χ1n) is 27.1. The molecule has 0 bridgehead atoms. The number of hydrogen-bond acceptors (Lipinski definition) is 6. The number of carbonyl (C=O) groups is 3. The molecule has 0 N–H and O–H groups in total. The van der Waals surface area contributed by atoms with E-state index in [0.29, 0.717) is 19.3 Å². The van der Waals surface area contributed by atoms with E-state index in [1.165, 1.54) is 141 Å². The van der Waals surface area contributed by atoms with Crippen molar-refractivity contribution in [3.05, 3.63) is 48.6 Å². The fourth-order valence-electron chi connectivity index (χ4n) is 7.65. The Labute approximate surface area is 390 Å². The molecule has 0 fully saturated rings. The number of unbranched alkanes of at least 4 members (excludes halogenated alkanes) is 30. The highest BCUT2D eigenvalue weighted by atomic mass is 16.6. The van der Waals surface area contributed by atoms with E-state index in [9.17, 15) is 14.4 Å². The van der Waals surface area contributed by atoms with Gasteiger partial charge in [0, 0.05) is 19.3 Å². The summed E-state index contributed by atoms with van der Waals surface area (Å²) < 4.78 is 16.8. The first-order valence-corrected chi connectivity index (χ1v) is 27.1. The van der Waals surface area contributed by atoms with E-state index in [2.05, 4.69) is 69.4 Å². The second kappa shape index (κ2) is 52.0. The van der Waals surface area contributed by atoms with Gasteiger partial charge in [-0.25, -0.2) is 0 Å². The number of esters is 3. The van der Waals surface area contributed by atoms with Gasteiger partial charge in [-0.15, -0.1) is 0 Å². The van der Waals surface area contributed by atoms with Crippen molar-refractivity contribution in [1.29, 1.82) is 0 Å².